The number of aliphatic carboxylic acids is 1. The quantitative estimate of drug-likeness (QED) is 0.704. The lowest BCUT2D eigenvalue weighted by molar-refractivity contribution is -0.138. The first kappa shape index (κ1) is 11.7. The number of hydrogen-bond acceptors (Lipinski definition) is 2. The Bertz CT molecular complexity index is 302. The van der Waals surface area contributed by atoms with E-state index in [0.717, 1.165) is 6.42 Å². The fourth-order valence-corrected chi connectivity index (χ4v) is 1.80. The van der Waals surface area contributed by atoms with Crippen LogP contribution in [0, 0.1) is 11.8 Å². The molecule has 1 N–H and O–H groups in total. The van der Waals surface area contributed by atoms with Crippen molar-refractivity contribution in [1.29, 1.82) is 0 Å². The van der Waals surface area contributed by atoms with Gasteiger partial charge in [-0.15, -0.1) is 0 Å². The lowest BCUT2D eigenvalue weighted by Crippen LogP contribution is -2.18. The molecule has 1 aliphatic carbocycles. The SMILES string of the molecule is CCC=CCC1C(=O)C=CC1CC(=O)O. The summed E-state index contributed by atoms with van der Waals surface area (Å²) in [5.74, 6) is -1.08. The second kappa shape index (κ2) is 5.49. The molecule has 0 saturated carbocycles. The highest BCUT2D eigenvalue weighted by atomic mass is 16.4. The predicted octanol–water partition coefficient (Wildman–Crippen LogP) is 2.19. The largest absolute Gasteiger partial charge is 0.481 e. The molecule has 1 rings (SSSR count). The highest BCUT2D eigenvalue weighted by molar-refractivity contribution is 5.95. The van der Waals surface area contributed by atoms with Crippen LogP contribution in [-0.2, 0) is 9.59 Å². The Morgan fingerprint density at radius 1 is 1.53 bits per heavy atom. The summed E-state index contributed by atoms with van der Waals surface area (Å²) in [5, 5.41) is 8.69. The molecule has 0 spiro atoms. The van der Waals surface area contributed by atoms with Crippen LogP contribution >= 0.6 is 0 Å². The Balaban J connectivity index is 2.55. The van der Waals surface area contributed by atoms with Gasteiger partial charge >= 0.3 is 5.97 Å². The summed E-state index contributed by atoms with van der Waals surface area (Å²) >= 11 is 0. The van der Waals surface area contributed by atoms with Crippen molar-refractivity contribution in [2.24, 2.45) is 11.8 Å². The van der Waals surface area contributed by atoms with Crippen LogP contribution in [0.1, 0.15) is 26.2 Å². The number of hydrogen-bond donors (Lipinski definition) is 1. The number of carboxylic acids is 1. The van der Waals surface area contributed by atoms with E-state index in [2.05, 4.69) is 0 Å². The minimum Gasteiger partial charge on any atom is -0.481 e. The molecule has 1 aliphatic rings. The van der Waals surface area contributed by atoms with E-state index in [-0.39, 0.29) is 24.0 Å². The molecule has 0 bridgehead atoms. The first-order valence-electron chi connectivity index (χ1n) is 5.24. The lowest BCUT2D eigenvalue weighted by Gasteiger charge is -2.13. The number of carbonyl (C=O) groups is 2. The van der Waals surface area contributed by atoms with Crippen molar-refractivity contribution in [2.75, 3.05) is 0 Å². The molecule has 0 saturated heterocycles. The molecule has 0 heterocycles. The highest BCUT2D eigenvalue weighted by Gasteiger charge is 2.30. The maximum absolute atomic E-state index is 11.4. The summed E-state index contributed by atoms with van der Waals surface area (Å²) in [4.78, 5) is 22.0. The maximum Gasteiger partial charge on any atom is 0.303 e. The molecular formula is C12H16O3. The van der Waals surface area contributed by atoms with Gasteiger partial charge in [-0.25, -0.2) is 0 Å². The van der Waals surface area contributed by atoms with Crippen LogP contribution in [0.25, 0.3) is 0 Å². The maximum atomic E-state index is 11.4. The summed E-state index contributed by atoms with van der Waals surface area (Å²) in [6.45, 7) is 2.03. The second-order valence-corrected chi connectivity index (χ2v) is 3.75. The van der Waals surface area contributed by atoms with Crippen LogP contribution in [0.3, 0.4) is 0 Å². The average molecular weight is 208 g/mol. The molecule has 0 fully saturated rings. The molecule has 15 heavy (non-hydrogen) atoms. The van der Waals surface area contributed by atoms with Crippen molar-refractivity contribution in [3.63, 3.8) is 0 Å². The number of ketones is 1. The summed E-state index contributed by atoms with van der Waals surface area (Å²) < 4.78 is 0. The molecule has 0 aromatic rings. The fourth-order valence-electron chi connectivity index (χ4n) is 1.80. The molecule has 0 aromatic heterocycles. The van der Waals surface area contributed by atoms with Crippen LogP contribution in [0.5, 0.6) is 0 Å². The van der Waals surface area contributed by atoms with E-state index in [0.29, 0.717) is 6.42 Å². The smallest absolute Gasteiger partial charge is 0.303 e. The predicted molar refractivity (Wildman–Crippen MR) is 57.4 cm³/mol. The van der Waals surface area contributed by atoms with Crippen LogP contribution in [0.15, 0.2) is 24.3 Å². The summed E-state index contributed by atoms with van der Waals surface area (Å²) in [6.07, 6.45) is 8.84. The van der Waals surface area contributed by atoms with Gasteiger partial charge in [0.1, 0.15) is 0 Å². The minimum absolute atomic E-state index is 0.0485. The molecule has 0 aliphatic heterocycles. The van der Waals surface area contributed by atoms with Gasteiger partial charge in [-0.05, 0) is 24.8 Å². The van der Waals surface area contributed by atoms with Gasteiger partial charge in [0, 0.05) is 5.92 Å². The average Bonchev–Trinajstić information content (AvgIpc) is 2.49. The highest BCUT2D eigenvalue weighted by Crippen LogP contribution is 2.28. The lowest BCUT2D eigenvalue weighted by atomic mass is 9.89. The Morgan fingerprint density at radius 3 is 2.87 bits per heavy atom. The normalized spacial score (nSPS) is 25.3. The Hall–Kier alpha value is -1.38. The van der Waals surface area contributed by atoms with Gasteiger partial charge in [-0.2, -0.15) is 0 Å². The first-order chi connectivity index (χ1) is 7.15. The zero-order valence-electron chi connectivity index (χ0n) is 8.85. The van der Waals surface area contributed by atoms with Crippen molar-refractivity contribution in [3.05, 3.63) is 24.3 Å². The van der Waals surface area contributed by atoms with Gasteiger partial charge < -0.3 is 5.11 Å². The number of allylic oxidation sites excluding steroid dienone is 4. The molecule has 0 amide bonds. The van der Waals surface area contributed by atoms with Gasteiger partial charge in [-0.3, -0.25) is 9.59 Å². The fraction of sp³-hybridized carbons (Fsp3) is 0.500. The molecule has 0 radical (unpaired) electrons. The van der Waals surface area contributed by atoms with Crippen molar-refractivity contribution < 1.29 is 14.7 Å². The van der Waals surface area contributed by atoms with E-state index in [1.54, 1.807) is 6.08 Å². The number of rotatable bonds is 5. The Labute approximate surface area is 89.5 Å². The van der Waals surface area contributed by atoms with E-state index in [9.17, 15) is 9.59 Å². The van der Waals surface area contributed by atoms with Crippen LogP contribution < -0.4 is 0 Å². The standard InChI is InChI=1S/C12H16O3/c1-2-3-4-5-10-9(8-12(14)15)6-7-11(10)13/h3-4,6-7,9-10H,2,5,8H2,1H3,(H,14,15). The molecule has 2 atom stereocenters. The topological polar surface area (TPSA) is 54.4 Å². The van der Waals surface area contributed by atoms with Gasteiger partial charge in [0.05, 0.1) is 6.42 Å². The van der Waals surface area contributed by atoms with Crippen molar-refractivity contribution in [2.45, 2.75) is 26.2 Å². The zero-order valence-corrected chi connectivity index (χ0v) is 8.85. The van der Waals surface area contributed by atoms with Gasteiger partial charge in [0.2, 0.25) is 0 Å². The molecule has 82 valence electrons. The van der Waals surface area contributed by atoms with E-state index < -0.39 is 5.97 Å². The van der Waals surface area contributed by atoms with Crippen molar-refractivity contribution >= 4 is 11.8 Å². The third kappa shape index (κ3) is 3.35. The summed E-state index contributed by atoms with van der Waals surface area (Å²) in [5.41, 5.74) is 0. The van der Waals surface area contributed by atoms with Crippen LogP contribution in [0.2, 0.25) is 0 Å². The molecule has 2 unspecified atom stereocenters. The first-order valence-corrected chi connectivity index (χ1v) is 5.24. The summed E-state index contributed by atoms with van der Waals surface area (Å²) in [7, 11) is 0. The third-order valence-electron chi connectivity index (χ3n) is 2.59. The van der Waals surface area contributed by atoms with Crippen molar-refractivity contribution in [1.82, 2.24) is 0 Å². The minimum atomic E-state index is -0.844. The van der Waals surface area contributed by atoms with Gasteiger partial charge in [0.25, 0.3) is 0 Å². The molecular weight excluding hydrogens is 192 g/mol. The Kier molecular flexibility index (Phi) is 4.28. The van der Waals surface area contributed by atoms with Crippen molar-refractivity contribution in [3.8, 4) is 0 Å². The molecule has 0 aromatic carbocycles. The third-order valence-corrected chi connectivity index (χ3v) is 2.59. The van der Waals surface area contributed by atoms with Gasteiger partial charge in [0.15, 0.2) is 5.78 Å². The monoisotopic (exact) mass is 208 g/mol. The summed E-state index contributed by atoms with van der Waals surface area (Å²) in [6, 6.07) is 0. The van der Waals surface area contributed by atoms with E-state index in [4.69, 9.17) is 5.11 Å². The molecule has 3 heteroatoms. The van der Waals surface area contributed by atoms with Crippen LogP contribution in [0.4, 0.5) is 0 Å². The van der Waals surface area contributed by atoms with Crippen LogP contribution in [-0.4, -0.2) is 16.9 Å². The number of carboxylic acid groups (broad SMARTS) is 1. The van der Waals surface area contributed by atoms with E-state index >= 15 is 0 Å². The number of carbonyl (C=O) groups excluding carboxylic acids is 1. The second-order valence-electron chi connectivity index (χ2n) is 3.75. The van der Waals surface area contributed by atoms with E-state index in [1.165, 1.54) is 6.08 Å². The zero-order chi connectivity index (χ0) is 11.3. The van der Waals surface area contributed by atoms with Gasteiger partial charge in [-0.1, -0.05) is 25.2 Å². The molecule has 3 nitrogen and oxygen atoms in total. The van der Waals surface area contributed by atoms with E-state index in [1.807, 2.05) is 19.1 Å². The Morgan fingerprint density at radius 2 is 2.27 bits per heavy atom.